The number of aryl methyl sites for hydroxylation is 2. The van der Waals surface area contributed by atoms with Gasteiger partial charge < -0.3 is 0 Å². The maximum Gasteiger partial charge on any atom is 0.0927 e. The first-order chi connectivity index (χ1) is 8.49. The van der Waals surface area contributed by atoms with Gasteiger partial charge in [-0.1, -0.05) is 38.1 Å². The van der Waals surface area contributed by atoms with Crippen molar-refractivity contribution in [1.82, 2.24) is 0 Å². The van der Waals surface area contributed by atoms with Gasteiger partial charge in [-0.2, -0.15) is 0 Å². The molecule has 0 aliphatic rings. The first-order valence-corrected chi connectivity index (χ1v) is 7.55. The second kappa shape index (κ2) is 5.46. The van der Waals surface area contributed by atoms with Crippen LogP contribution in [0.1, 0.15) is 51.6 Å². The van der Waals surface area contributed by atoms with E-state index >= 15 is 0 Å². The van der Waals surface area contributed by atoms with Crippen LogP contribution in [0.5, 0.6) is 0 Å². The van der Waals surface area contributed by atoms with Crippen molar-refractivity contribution in [3.05, 3.63) is 56.8 Å². The van der Waals surface area contributed by atoms with Crippen molar-refractivity contribution in [3.8, 4) is 0 Å². The molecule has 2 aromatic rings. The fourth-order valence-corrected chi connectivity index (χ4v) is 3.33. The van der Waals surface area contributed by atoms with Gasteiger partial charge in [-0.05, 0) is 42.5 Å². The summed E-state index contributed by atoms with van der Waals surface area (Å²) in [5.41, 5.74) is 3.88. The smallest absolute Gasteiger partial charge is 0.0927 e. The zero-order chi connectivity index (χ0) is 13.3. The minimum Gasteiger partial charge on any atom is -0.143 e. The van der Waals surface area contributed by atoms with E-state index in [9.17, 15) is 0 Å². The van der Waals surface area contributed by atoms with Crippen molar-refractivity contribution in [1.29, 1.82) is 0 Å². The van der Waals surface area contributed by atoms with Crippen molar-refractivity contribution < 1.29 is 0 Å². The molecule has 1 aromatic heterocycles. The third-order valence-corrected chi connectivity index (χ3v) is 5.16. The van der Waals surface area contributed by atoms with Gasteiger partial charge in [-0.15, -0.1) is 22.9 Å². The summed E-state index contributed by atoms with van der Waals surface area (Å²) in [5.74, 6) is 0.569. The molecule has 0 aliphatic carbocycles. The molecule has 2 heteroatoms. The summed E-state index contributed by atoms with van der Waals surface area (Å²) >= 11 is 8.36. The summed E-state index contributed by atoms with van der Waals surface area (Å²) < 4.78 is 0. The Hall–Kier alpha value is -0.790. The summed E-state index contributed by atoms with van der Waals surface area (Å²) in [6.07, 6.45) is 0. The summed E-state index contributed by atoms with van der Waals surface area (Å²) in [5, 5.41) is -0.0244. The lowest BCUT2D eigenvalue weighted by atomic mass is 10.0. The van der Waals surface area contributed by atoms with Crippen molar-refractivity contribution in [2.45, 2.75) is 39.0 Å². The molecule has 1 heterocycles. The molecular formula is C16H19ClS. The molecular weight excluding hydrogens is 260 g/mol. The van der Waals surface area contributed by atoms with Crippen LogP contribution in [0.2, 0.25) is 0 Å². The van der Waals surface area contributed by atoms with Gasteiger partial charge in [-0.25, -0.2) is 0 Å². The van der Waals surface area contributed by atoms with Crippen LogP contribution in [-0.4, -0.2) is 0 Å². The minimum absolute atomic E-state index is 0.0244. The molecule has 1 aromatic carbocycles. The SMILES string of the molecule is Cc1cc(C(Cl)c2ccc(C(C)C)cc2)sc1C. The number of halogens is 1. The standard InChI is InChI=1S/C16H19ClS/c1-10(2)13-5-7-14(8-6-13)16(17)15-9-11(3)12(4)18-15/h5-10,16H,1-4H3. The van der Waals surface area contributed by atoms with Gasteiger partial charge in [0.25, 0.3) is 0 Å². The maximum atomic E-state index is 6.56. The lowest BCUT2D eigenvalue weighted by Gasteiger charge is -2.10. The average Bonchev–Trinajstić information content (AvgIpc) is 2.69. The molecule has 0 fully saturated rings. The van der Waals surface area contributed by atoms with Crippen LogP contribution < -0.4 is 0 Å². The van der Waals surface area contributed by atoms with Crippen molar-refractivity contribution >= 4 is 22.9 Å². The Morgan fingerprint density at radius 1 is 1.00 bits per heavy atom. The lowest BCUT2D eigenvalue weighted by molar-refractivity contribution is 0.865. The fraction of sp³-hybridized carbons (Fsp3) is 0.375. The summed E-state index contributed by atoms with van der Waals surface area (Å²) in [7, 11) is 0. The largest absolute Gasteiger partial charge is 0.143 e. The van der Waals surface area contributed by atoms with E-state index in [0.717, 1.165) is 0 Å². The zero-order valence-electron chi connectivity index (χ0n) is 11.3. The van der Waals surface area contributed by atoms with Crippen molar-refractivity contribution in [2.75, 3.05) is 0 Å². The predicted molar refractivity (Wildman–Crippen MR) is 82.0 cm³/mol. The van der Waals surface area contributed by atoms with Gasteiger partial charge in [0.1, 0.15) is 0 Å². The molecule has 2 rings (SSSR count). The molecule has 18 heavy (non-hydrogen) atoms. The van der Waals surface area contributed by atoms with Gasteiger partial charge in [-0.3, -0.25) is 0 Å². The van der Waals surface area contributed by atoms with Crippen LogP contribution in [0.15, 0.2) is 30.3 Å². The van der Waals surface area contributed by atoms with E-state index in [4.69, 9.17) is 11.6 Å². The molecule has 96 valence electrons. The van der Waals surface area contributed by atoms with Crippen LogP contribution in [0.4, 0.5) is 0 Å². The highest BCUT2D eigenvalue weighted by molar-refractivity contribution is 7.12. The number of alkyl halides is 1. The maximum absolute atomic E-state index is 6.56. The normalized spacial score (nSPS) is 13.0. The molecule has 0 bridgehead atoms. The van der Waals surface area contributed by atoms with E-state index in [-0.39, 0.29) is 5.38 Å². The minimum atomic E-state index is -0.0244. The third kappa shape index (κ3) is 2.78. The molecule has 0 N–H and O–H groups in total. The van der Waals surface area contributed by atoms with Gasteiger partial charge in [0, 0.05) is 9.75 Å². The number of benzene rings is 1. The van der Waals surface area contributed by atoms with Crippen LogP contribution >= 0.6 is 22.9 Å². The number of hydrogen-bond donors (Lipinski definition) is 0. The van der Waals surface area contributed by atoms with E-state index in [2.05, 4.69) is 58.0 Å². The van der Waals surface area contributed by atoms with E-state index in [0.29, 0.717) is 5.92 Å². The fourth-order valence-electron chi connectivity index (χ4n) is 1.94. The van der Waals surface area contributed by atoms with Gasteiger partial charge in [0.05, 0.1) is 5.38 Å². The number of rotatable bonds is 3. The summed E-state index contributed by atoms with van der Waals surface area (Å²) in [6.45, 7) is 8.70. The van der Waals surface area contributed by atoms with Gasteiger partial charge in [0.15, 0.2) is 0 Å². The number of thiophene rings is 1. The van der Waals surface area contributed by atoms with Crippen LogP contribution in [0, 0.1) is 13.8 Å². The molecule has 0 saturated carbocycles. The Morgan fingerprint density at radius 2 is 1.56 bits per heavy atom. The summed E-state index contributed by atoms with van der Waals surface area (Å²) in [4.78, 5) is 2.60. The molecule has 0 nitrogen and oxygen atoms in total. The number of hydrogen-bond acceptors (Lipinski definition) is 1. The highest BCUT2D eigenvalue weighted by atomic mass is 35.5. The zero-order valence-corrected chi connectivity index (χ0v) is 12.9. The molecule has 1 atom stereocenters. The Bertz CT molecular complexity index is 503. The van der Waals surface area contributed by atoms with Crippen molar-refractivity contribution in [2.24, 2.45) is 0 Å². The topological polar surface area (TPSA) is 0 Å². The highest BCUT2D eigenvalue weighted by Crippen LogP contribution is 2.35. The quantitative estimate of drug-likeness (QED) is 0.621. The van der Waals surface area contributed by atoms with E-state index < -0.39 is 0 Å². The van der Waals surface area contributed by atoms with Crippen LogP contribution in [-0.2, 0) is 0 Å². The van der Waals surface area contributed by atoms with Gasteiger partial charge in [0.2, 0.25) is 0 Å². The van der Waals surface area contributed by atoms with E-state index in [1.165, 1.54) is 26.4 Å². The Labute approximate surface area is 119 Å². The Morgan fingerprint density at radius 3 is 2.00 bits per heavy atom. The highest BCUT2D eigenvalue weighted by Gasteiger charge is 2.14. The molecule has 1 unspecified atom stereocenters. The second-order valence-electron chi connectivity index (χ2n) is 5.07. The molecule has 0 saturated heterocycles. The first kappa shape index (κ1) is 13.6. The summed E-state index contributed by atoms with van der Waals surface area (Å²) in [6, 6.07) is 10.9. The van der Waals surface area contributed by atoms with Crippen molar-refractivity contribution in [3.63, 3.8) is 0 Å². The Kier molecular flexibility index (Phi) is 4.14. The van der Waals surface area contributed by atoms with Crippen LogP contribution in [0.25, 0.3) is 0 Å². The molecule has 0 spiro atoms. The van der Waals surface area contributed by atoms with E-state index in [1.54, 1.807) is 11.3 Å². The lowest BCUT2D eigenvalue weighted by Crippen LogP contribution is -1.92. The monoisotopic (exact) mass is 278 g/mol. The second-order valence-corrected chi connectivity index (χ2v) is 6.80. The predicted octanol–water partition coefficient (Wildman–Crippen LogP) is 5.82. The molecule has 0 radical (unpaired) electrons. The van der Waals surface area contributed by atoms with Crippen LogP contribution in [0.3, 0.4) is 0 Å². The Balaban J connectivity index is 2.25. The molecule has 0 aliphatic heterocycles. The van der Waals surface area contributed by atoms with Gasteiger partial charge >= 0.3 is 0 Å². The first-order valence-electron chi connectivity index (χ1n) is 6.30. The average molecular weight is 279 g/mol. The van der Waals surface area contributed by atoms with E-state index in [1.807, 2.05) is 0 Å². The molecule has 0 amide bonds. The third-order valence-electron chi connectivity index (χ3n) is 3.33.